The normalized spacial score (nSPS) is 10.4. The van der Waals surface area contributed by atoms with Gasteiger partial charge in [-0.05, 0) is 26.0 Å². The zero-order valence-electron chi connectivity index (χ0n) is 10.4. The number of hydrogen-bond acceptors (Lipinski definition) is 4. The van der Waals surface area contributed by atoms with Crippen molar-refractivity contribution >= 4 is 5.91 Å². The Labute approximate surface area is 101 Å². The average Bonchev–Trinajstić information content (AvgIpc) is 2.34. The monoisotopic (exact) mass is 238 g/mol. The highest BCUT2D eigenvalue weighted by Gasteiger charge is 2.21. The first-order chi connectivity index (χ1) is 8.11. The number of carbonyl (C=O) groups excluding carboxylic acids is 1. The maximum Gasteiger partial charge on any atom is 0.259 e. The number of carbonyl (C=O) groups is 1. The van der Waals surface area contributed by atoms with Crippen molar-refractivity contribution < 1.29 is 14.6 Å². The van der Waals surface area contributed by atoms with Crippen molar-refractivity contribution in [1.29, 1.82) is 0 Å². The van der Waals surface area contributed by atoms with E-state index in [1.807, 2.05) is 13.8 Å². The van der Waals surface area contributed by atoms with E-state index in [9.17, 15) is 4.79 Å². The fraction of sp³-hybridized carbons (Fsp3) is 0.500. The van der Waals surface area contributed by atoms with Crippen LogP contribution in [0.2, 0.25) is 0 Å². The van der Waals surface area contributed by atoms with E-state index >= 15 is 0 Å². The van der Waals surface area contributed by atoms with Gasteiger partial charge in [-0.1, -0.05) is 0 Å². The molecular weight excluding hydrogens is 220 g/mol. The predicted octanol–water partition coefficient (Wildman–Crippen LogP) is 0.933. The molecule has 0 fully saturated rings. The summed E-state index contributed by atoms with van der Waals surface area (Å²) >= 11 is 0. The Bertz CT molecular complexity index is 380. The molecule has 94 valence electrons. The van der Waals surface area contributed by atoms with E-state index in [4.69, 9.17) is 9.84 Å². The molecule has 1 rings (SSSR count). The Morgan fingerprint density at radius 1 is 1.59 bits per heavy atom. The van der Waals surface area contributed by atoms with Crippen molar-refractivity contribution in [2.24, 2.45) is 0 Å². The van der Waals surface area contributed by atoms with E-state index in [2.05, 4.69) is 4.98 Å². The van der Waals surface area contributed by atoms with Gasteiger partial charge in [-0.2, -0.15) is 0 Å². The number of methoxy groups -OCH3 is 1. The van der Waals surface area contributed by atoms with Gasteiger partial charge in [0.2, 0.25) is 5.88 Å². The second-order valence-electron chi connectivity index (χ2n) is 3.88. The van der Waals surface area contributed by atoms with E-state index in [0.29, 0.717) is 18.0 Å². The third kappa shape index (κ3) is 3.17. The summed E-state index contributed by atoms with van der Waals surface area (Å²) in [5.74, 6) is 0.125. The van der Waals surface area contributed by atoms with Crippen molar-refractivity contribution in [2.75, 3.05) is 20.3 Å². The Balaban J connectivity index is 3.00. The third-order valence-electron chi connectivity index (χ3n) is 2.42. The molecule has 0 radical (unpaired) electrons. The fourth-order valence-corrected chi connectivity index (χ4v) is 1.57. The zero-order valence-corrected chi connectivity index (χ0v) is 10.4. The number of hydrogen-bond donors (Lipinski definition) is 1. The zero-order chi connectivity index (χ0) is 12.8. The summed E-state index contributed by atoms with van der Waals surface area (Å²) < 4.78 is 5.05. The van der Waals surface area contributed by atoms with Crippen molar-refractivity contribution in [2.45, 2.75) is 19.9 Å². The quantitative estimate of drug-likeness (QED) is 0.829. The van der Waals surface area contributed by atoms with Crippen LogP contribution >= 0.6 is 0 Å². The third-order valence-corrected chi connectivity index (χ3v) is 2.42. The minimum Gasteiger partial charge on any atom is -0.480 e. The van der Waals surface area contributed by atoms with Crippen LogP contribution in [0.1, 0.15) is 24.2 Å². The summed E-state index contributed by atoms with van der Waals surface area (Å²) in [4.78, 5) is 17.8. The van der Waals surface area contributed by atoms with Gasteiger partial charge in [0.15, 0.2) is 0 Å². The van der Waals surface area contributed by atoms with E-state index in [-0.39, 0.29) is 18.6 Å². The molecule has 0 spiro atoms. The van der Waals surface area contributed by atoms with Crippen molar-refractivity contribution in [3.8, 4) is 5.88 Å². The molecule has 0 saturated carbocycles. The molecule has 0 bridgehead atoms. The average molecular weight is 238 g/mol. The van der Waals surface area contributed by atoms with Crippen LogP contribution in [0.25, 0.3) is 0 Å². The van der Waals surface area contributed by atoms with Crippen molar-refractivity contribution in [1.82, 2.24) is 9.88 Å². The predicted molar refractivity (Wildman–Crippen MR) is 64.0 cm³/mol. The molecule has 0 saturated heterocycles. The maximum atomic E-state index is 12.3. The molecule has 0 aliphatic rings. The second kappa shape index (κ2) is 6.20. The van der Waals surface area contributed by atoms with Crippen LogP contribution in [0.4, 0.5) is 0 Å². The number of aliphatic hydroxyl groups excluding tert-OH is 1. The molecule has 1 heterocycles. The topological polar surface area (TPSA) is 62.7 Å². The summed E-state index contributed by atoms with van der Waals surface area (Å²) in [7, 11) is 1.48. The van der Waals surface area contributed by atoms with Gasteiger partial charge >= 0.3 is 0 Å². The molecule has 0 aliphatic heterocycles. The Morgan fingerprint density at radius 3 is 2.82 bits per heavy atom. The first-order valence-corrected chi connectivity index (χ1v) is 5.52. The van der Waals surface area contributed by atoms with Crippen LogP contribution in [0.5, 0.6) is 5.88 Å². The lowest BCUT2D eigenvalue weighted by atomic mass is 10.2. The molecule has 0 atom stereocenters. The van der Waals surface area contributed by atoms with Crippen LogP contribution in [0.15, 0.2) is 18.3 Å². The standard InChI is InChI=1S/C12H18N2O3/c1-9(2)14(7-8-15)12(16)10-5-4-6-13-11(10)17-3/h4-6,9,15H,7-8H2,1-3H3. The van der Waals surface area contributed by atoms with Crippen LogP contribution in [-0.2, 0) is 0 Å². The van der Waals surface area contributed by atoms with Crippen molar-refractivity contribution in [3.05, 3.63) is 23.9 Å². The summed E-state index contributed by atoms with van der Waals surface area (Å²) in [5, 5.41) is 8.97. The highest BCUT2D eigenvalue weighted by molar-refractivity contribution is 5.96. The molecule has 5 nitrogen and oxygen atoms in total. The number of aromatic nitrogens is 1. The van der Waals surface area contributed by atoms with Gasteiger partial charge in [0.25, 0.3) is 5.91 Å². The lowest BCUT2D eigenvalue weighted by Gasteiger charge is -2.26. The van der Waals surface area contributed by atoms with Gasteiger partial charge in [0, 0.05) is 18.8 Å². The Morgan fingerprint density at radius 2 is 2.29 bits per heavy atom. The second-order valence-corrected chi connectivity index (χ2v) is 3.88. The van der Waals surface area contributed by atoms with E-state index in [1.165, 1.54) is 7.11 Å². The van der Waals surface area contributed by atoms with Gasteiger partial charge in [0.05, 0.1) is 13.7 Å². The summed E-state index contributed by atoms with van der Waals surface area (Å²) in [6.07, 6.45) is 1.57. The molecule has 1 N–H and O–H groups in total. The minimum atomic E-state index is -0.181. The highest BCUT2D eigenvalue weighted by atomic mass is 16.5. The summed E-state index contributed by atoms with van der Waals surface area (Å²) in [5.41, 5.74) is 0.414. The number of pyridine rings is 1. The van der Waals surface area contributed by atoms with E-state index < -0.39 is 0 Å². The number of ether oxygens (including phenoxy) is 1. The number of aliphatic hydroxyl groups is 1. The molecule has 1 aromatic heterocycles. The maximum absolute atomic E-state index is 12.3. The smallest absolute Gasteiger partial charge is 0.259 e. The molecule has 1 aromatic rings. The SMILES string of the molecule is COc1ncccc1C(=O)N(CCO)C(C)C. The fourth-order valence-electron chi connectivity index (χ4n) is 1.57. The van der Waals surface area contributed by atoms with Crippen LogP contribution in [0, 0.1) is 0 Å². The van der Waals surface area contributed by atoms with Crippen LogP contribution in [0.3, 0.4) is 0 Å². The molecule has 5 heteroatoms. The van der Waals surface area contributed by atoms with E-state index in [0.717, 1.165) is 0 Å². The molecule has 0 aromatic carbocycles. The van der Waals surface area contributed by atoms with Gasteiger partial charge in [-0.3, -0.25) is 4.79 Å². The molecular formula is C12H18N2O3. The minimum absolute atomic E-state index is 0.0135. The molecule has 1 amide bonds. The first kappa shape index (κ1) is 13.4. The Hall–Kier alpha value is -1.62. The van der Waals surface area contributed by atoms with E-state index in [1.54, 1.807) is 23.2 Å². The van der Waals surface area contributed by atoms with Gasteiger partial charge < -0.3 is 14.7 Å². The van der Waals surface area contributed by atoms with Gasteiger partial charge in [-0.15, -0.1) is 0 Å². The first-order valence-electron chi connectivity index (χ1n) is 5.52. The van der Waals surface area contributed by atoms with Crippen LogP contribution < -0.4 is 4.74 Å². The number of rotatable bonds is 5. The number of amides is 1. The molecule has 0 aliphatic carbocycles. The Kier molecular flexibility index (Phi) is 4.90. The number of nitrogens with zero attached hydrogens (tertiary/aromatic N) is 2. The lowest BCUT2D eigenvalue weighted by molar-refractivity contribution is 0.0661. The largest absolute Gasteiger partial charge is 0.480 e. The van der Waals surface area contributed by atoms with Gasteiger partial charge in [-0.25, -0.2) is 4.98 Å². The molecule has 17 heavy (non-hydrogen) atoms. The summed E-state index contributed by atoms with van der Waals surface area (Å²) in [6.45, 7) is 4.04. The molecule has 0 unspecified atom stereocenters. The van der Waals surface area contributed by atoms with Crippen molar-refractivity contribution in [3.63, 3.8) is 0 Å². The van der Waals surface area contributed by atoms with Gasteiger partial charge in [0.1, 0.15) is 5.56 Å². The van der Waals surface area contributed by atoms with Crippen LogP contribution in [-0.4, -0.2) is 47.2 Å². The summed E-state index contributed by atoms with van der Waals surface area (Å²) in [6, 6.07) is 3.37. The highest BCUT2D eigenvalue weighted by Crippen LogP contribution is 2.17. The lowest BCUT2D eigenvalue weighted by Crippen LogP contribution is -2.39.